The first kappa shape index (κ1) is 21.2. The number of amides is 1. The molecule has 1 atom stereocenters. The summed E-state index contributed by atoms with van der Waals surface area (Å²) in [5, 5.41) is 5.13. The van der Waals surface area contributed by atoms with Crippen molar-refractivity contribution < 1.29 is 31.5 Å². The smallest absolute Gasteiger partial charge is 0.416 e. The summed E-state index contributed by atoms with van der Waals surface area (Å²) in [6.45, 7) is 0.746. The number of alkyl halides is 5. The third-order valence-corrected chi connectivity index (χ3v) is 5.22. The molecule has 7 nitrogen and oxygen atoms in total. The first-order valence-corrected chi connectivity index (χ1v) is 9.34. The lowest BCUT2D eigenvalue weighted by molar-refractivity contribution is -0.137. The van der Waals surface area contributed by atoms with Gasteiger partial charge in [-0.2, -0.15) is 13.2 Å². The van der Waals surface area contributed by atoms with Gasteiger partial charge in [0.25, 0.3) is 5.92 Å². The van der Waals surface area contributed by atoms with E-state index in [9.17, 15) is 26.7 Å². The SMILES string of the molecule is CC(F)(F)C1OC(=O)Nc2nccc(-c3cc(C(F)(F)F)cc(NC4(CN)CC4)n3)c21. The molecule has 1 unspecified atom stereocenters. The second-order valence-electron chi connectivity index (χ2n) is 7.72. The Hall–Kier alpha value is -3.02. The number of ether oxygens (including phenoxy) is 1. The Kier molecular flexibility index (Phi) is 4.80. The summed E-state index contributed by atoms with van der Waals surface area (Å²) in [4.78, 5) is 19.8. The number of fused-ring (bicyclic) bond motifs is 1. The Bertz CT molecular complexity index is 1030. The molecule has 1 aliphatic carbocycles. The quantitative estimate of drug-likeness (QED) is 0.595. The minimum atomic E-state index is -4.71. The van der Waals surface area contributed by atoms with Crippen molar-refractivity contribution in [2.45, 2.75) is 43.5 Å². The lowest BCUT2D eigenvalue weighted by atomic mass is 9.95. The molecule has 1 fully saturated rings. The van der Waals surface area contributed by atoms with Crippen LogP contribution in [0, 0.1) is 0 Å². The van der Waals surface area contributed by atoms with Crippen LogP contribution in [0.25, 0.3) is 11.3 Å². The summed E-state index contributed by atoms with van der Waals surface area (Å²) in [5.41, 5.74) is 3.60. The first-order chi connectivity index (χ1) is 14.4. The number of nitrogens with two attached hydrogens (primary N) is 1. The van der Waals surface area contributed by atoms with E-state index in [4.69, 9.17) is 10.5 Å². The Morgan fingerprint density at radius 1 is 1.29 bits per heavy atom. The van der Waals surface area contributed by atoms with E-state index in [1.54, 1.807) is 0 Å². The number of pyridine rings is 2. The highest BCUT2D eigenvalue weighted by atomic mass is 19.4. The van der Waals surface area contributed by atoms with Crippen LogP contribution in [0.4, 0.5) is 38.4 Å². The number of hydrogen-bond acceptors (Lipinski definition) is 6. The van der Waals surface area contributed by atoms with Crippen molar-refractivity contribution in [2.75, 3.05) is 17.2 Å². The number of nitrogens with zero attached hydrogens (tertiary/aromatic N) is 2. The highest BCUT2D eigenvalue weighted by Crippen LogP contribution is 2.45. The van der Waals surface area contributed by atoms with E-state index in [2.05, 4.69) is 20.6 Å². The maximum absolute atomic E-state index is 14.2. The van der Waals surface area contributed by atoms with Gasteiger partial charge in [0, 0.05) is 25.2 Å². The van der Waals surface area contributed by atoms with Crippen LogP contribution >= 0.6 is 0 Å². The lowest BCUT2D eigenvalue weighted by Crippen LogP contribution is -2.35. The fourth-order valence-electron chi connectivity index (χ4n) is 3.41. The molecule has 2 aromatic rings. The van der Waals surface area contributed by atoms with Gasteiger partial charge in [-0.15, -0.1) is 0 Å². The molecule has 3 heterocycles. The number of rotatable bonds is 5. The van der Waals surface area contributed by atoms with E-state index in [1.807, 2.05) is 0 Å². The highest BCUT2D eigenvalue weighted by molar-refractivity contribution is 5.89. The van der Waals surface area contributed by atoms with Crippen LogP contribution in [0.15, 0.2) is 24.4 Å². The zero-order valence-corrected chi connectivity index (χ0v) is 16.2. The minimum Gasteiger partial charge on any atom is -0.434 e. The molecule has 0 aromatic carbocycles. The van der Waals surface area contributed by atoms with Gasteiger partial charge >= 0.3 is 12.3 Å². The number of carbonyl (C=O) groups is 1. The Morgan fingerprint density at radius 2 is 2.00 bits per heavy atom. The van der Waals surface area contributed by atoms with E-state index in [1.165, 1.54) is 12.3 Å². The Morgan fingerprint density at radius 3 is 2.58 bits per heavy atom. The number of hydrogen-bond donors (Lipinski definition) is 3. The molecule has 31 heavy (non-hydrogen) atoms. The zero-order chi connectivity index (χ0) is 22.6. The van der Waals surface area contributed by atoms with Gasteiger partial charge in [-0.05, 0) is 31.0 Å². The van der Waals surface area contributed by atoms with Gasteiger partial charge in [0.15, 0.2) is 6.10 Å². The number of carbonyl (C=O) groups excluding carboxylic acids is 1. The van der Waals surface area contributed by atoms with Crippen molar-refractivity contribution in [3.05, 3.63) is 35.5 Å². The molecule has 166 valence electrons. The van der Waals surface area contributed by atoms with E-state index in [0.717, 1.165) is 12.1 Å². The monoisotopic (exact) mass is 443 g/mol. The second kappa shape index (κ2) is 7.01. The van der Waals surface area contributed by atoms with Crippen LogP contribution in [-0.2, 0) is 10.9 Å². The number of halogens is 5. The standard InChI is InChI=1S/C19H18F5N5O2/c1-17(20,21)14-13-10(2-5-26-15(13)28-16(30)31-14)11-6-9(19(22,23)24)7-12(27-11)29-18(8-25)3-4-18/h2,5-7,14H,3-4,8,25H2,1H3,(H,27,29)(H,26,28,30). The molecule has 0 saturated heterocycles. The summed E-state index contributed by atoms with van der Waals surface area (Å²) in [6.07, 6.45) is -5.37. The van der Waals surface area contributed by atoms with E-state index in [-0.39, 0.29) is 35.0 Å². The molecular weight excluding hydrogens is 425 g/mol. The molecule has 0 radical (unpaired) electrons. The third-order valence-electron chi connectivity index (χ3n) is 5.22. The normalized spacial score (nSPS) is 19.8. The summed E-state index contributed by atoms with van der Waals surface area (Å²) < 4.78 is 73.9. The molecule has 1 saturated carbocycles. The molecule has 4 N–H and O–H groups in total. The van der Waals surface area contributed by atoms with E-state index in [0.29, 0.717) is 19.8 Å². The fourth-order valence-corrected chi connectivity index (χ4v) is 3.41. The lowest BCUT2D eigenvalue weighted by Gasteiger charge is -2.31. The van der Waals surface area contributed by atoms with E-state index >= 15 is 0 Å². The molecule has 0 bridgehead atoms. The van der Waals surface area contributed by atoms with Gasteiger partial charge in [0.05, 0.1) is 22.4 Å². The van der Waals surface area contributed by atoms with Crippen LogP contribution in [-0.4, -0.2) is 34.1 Å². The van der Waals surface area contributed by atoms with Crippen LogP contribution in [0.3, 0.4) is 0 Å². The summed E-state index contributed by atoms with van der Waals surface area (Å²) in [7, 11) is 0. The second-order valence-corrected chi connectivity index (χ2v) is 7.72. The molecule has 4 rings (SSSR count). The van der Waals surface area contributed by atoms with Gasteiger partial charge in [0.1, 0.15) is 11.6 Å². The van der Waals surface area contributed by atoms with Crippen LogP contribution < -0.4 is 16.4 Å². The van der Waals surface area contributed by atoms with Crippen molar-refractivity contribution in [2.24, 2.45) is 5.73 Å². The topological polar surface area (TPSA) is 102 Å². The zero-order valence-electron chi connectivity index (χ0n) is 16.2. The predicted molar refractivity (Wildman–Crippen MR) is 101 cm³/mol. The largest absolute Gasteiger partial charge is 0.434 e. The molecule has 2 aliphatic rings. The maximum Gasteiger partial charge on any atom is 0.416 e. The van der Waals surface area contributed by atoms with Crippen molar-refractivity contribution >= 4 is 17.7 Å². The minimum absolute atomic E-state index is 0.0664. The maximum atomic E-state index is 14.2. The molecule has 0 spiro atoms. The van der Waals surface area contributed by atoms with Gasteiger partial charge in [-0.25, -0.2) is 23.5 Å². The average molecular weight is 443 g/mol. The van der Waals surface area contributed by atoms with Crippen LogP contribution in [0.2, 0.25) is 0 Å². The Labute approximate surface area is 173 Å². The van der Waals surface area contributed by atoms with Crippen molar-refractivity contribution in [3.63, 3.8) is 0 Å². The molecule has 1 aliphatic heterocycles. The average Bonchev–Trinajstić information content (AvgIpc) is 3.45. The van der Waals surface area contributed by atoms with Gasteiger partial charge in [-0.3, -0.25) is 5.32 Å². The molecule has 12 heteroatoms. The predicted octanol–water partition coefficient (Wildman–Crippen LogP) is 4.32. The number of anilines is 2. The van der Waals surface area contributed by atoms with E-state index < -0.39 is 35.4 Å². The number of cyclic esters (lactones) is 1. The van der Waals surface area contributed by atoms with Gasteiger partial charge < -0.3 is 15.8 Å². The van der Waals surface area contributed by atoms with Crippen LogP contribution in [0.1, 0.15) is 37.0 Å². The number of aromatic nitrogens is 2. The third kappa shape index (κ3) is 4.11. The van der Waals surface area contributed by atoms with Gasteiger partial charge in [0.2, 0.25) is 0 Å². The summed E-state index contributed by atoms with van der Waals surface area (Å²) >= 11 is 0. The number of nitrogens with one attached hydrogen (secondary N) is 2. The van der Waals surface area contributed by atoms with Crippen molar-refractivity contribution in [1.82, 2.24) is 9.97 Å². The Balaban J connectivity index is 1.88. The van der Waals surface area contributed by atoms with Crippen molar-refractivity contribution in [1.29, 1.82) is 0 Å². The summed E-state index contributed by atoms with van der Waals surface area (Å²) in [5.74, 6) is -3.83. The van der Waals surface area contributed by atoms with Gasteiger partial charge in [-0.1, -0.05) is 0 Å². The summed E-state index contributed by atoms with van der Waals surface area (Å²) in [6, 6.07) is 2.85. The molecule has 1 amide bonds. The fraction of sp³-hybridized carbons (Fsp3) is 0.421. The first-order valence-electron chi connectivity index (χ1n) is 9.34. The molecular formula is C19H18F5N5O2. The van der Waals surface area contributed by atoms with Crippen LogP contribution in [0.5, 0.6) is 0 Å². The molecule has 2 aromatic heterocycles. The van der Waals surface area contributed by atoms with Crippen molar-refractivity contribution in [3.8, 4) is 11.3 Å². The highest BCUT2D eigenvalue weighted by Gasteiger charge is 2.46.